The lowest BCUT2D eigenvalue weighted by atomic mass is 10.0. The van der Waals surface area contributed by atoms with Gasteiger partial charge in [0.15, 0.2) is 9.84 Å². The number of piperidine rings is 1. The Balaban J connectivity index is 0.00000288. The van der Waals surface area contributed by atoms with Crippen LogP contribution in [0.5, 0.6) is 0 Å². The Morgan fingerprint density at radius 1 is 1.29 bits per heavy atom. The fourth-order valence-electron chi connectivity index (χ4n) is 2.48. The summed E-state index contributed by atoms with van der Waals surface area (Å²) in [7, 11) is -3.24. The lowest BCUT2D eigenvalue weighted by Crippen LogP contribution is -2.43. The first-order valence-corrected chi connectivity index (χ1v) is 9.70. The summed E-state index contributed by atoms with van der Waals surface area (Å²) in [6.45, 7) is 5.95. The van der Waals surface area contributed by atoms with E-state index >= 15 is 0 Å². The second-order valence-electron chi connectivity index (χ2n) is 7.06. The molecule has 7 heteroatoms. The molecule has 1 aliphatic heterocycles. The molecule has 0 radical (unpaired) electrons. The molecule has 136 valence electrons. The first kappa shape index (κ1) is 20.9. The largest absolute Gasteiger partial charge is 0.325 e. The molecule has 1 amide bonds. The monoisotopic (exact) mass is 374 g/mol. The maximum atomic E-state index is 12.3. The molecule has 1 fully saturated rings. The summed E-state index contributed by atoms with van der Waals surface area (Å²) < 4.78 is 23.8. The van der Waals surface area contributed by atoms with E-state index < -0.39 is 14.6 Å². The van der Waals surface area contributed by atoms with Crippen LogP contribution in [0.2, 0.25) is 0 Å². The number of nitrogens with one attached hydrogen (secondary N) is 2. The van der Waals surface area contributed by atoms with Gasteiger partial charge in [-0.1, -0.05) is 18.6 Å². The Morgan fingerprint density at radius 2 is 2.00 bits per heavy atom. The van der Waals surface area contributed by atoms with Crippen LogP contribution < -0.4 is 10.6 Å². The predicted octanol–water partition coefficient (Wildman–Crippen LogP) is 2.90. The second-order valence-corrected chi connectivity index (χ2v) is 9.81. The molecular weight excluding hydrogens is 348 g/mol. The number of amides is 1. The summed E-state index contributed by atoms with van der Waals surface area (Å²) in [5.74, 6) is -0.0810. The fourth-order valence-corrected chi connectivity index (χ4v) is 3.53. The van der Waals surface area contributed by atoms with Gasteiger partial charge in [0.1, 0.15) is 0 Å². The van der Waals surface area contributed by atoms with Crippen molar-refractivity contribution in [2.24, 2.45) is 0 Å². The summed E-state index contributed by atoms with van der Waals surface area (Å²) in [6, 6.07) is 6.92. The van der Waals surface area contributed by atoms with E-state index in [0.717, 1.165) is 25.8 Å². The van der Waals surface area contributed by atoms with Crippen LogP contribution in [0, 0.1) is 0 Å². The van der Waals surface area contributed by atoms with Crippen LogP contribution in [-0.2, 0) is 20.4 Å². The van der Waals surface area contributed by atoms with Gasteiger partial charge in [0, 0.05) is 5.69 Å². The SMILES string of the molecule is CC(C)(C)S(=O)(=O)Cc1cccc(NC(=O)C2CCCCN2)c1.Cl. The Bertz CT molecular complexity index is 663. The first-order chi connectivity index (χ1) is 10.7. The van der Waals surface area contributed by atoms with E-state index in [1.165, 1.54) is 0 Å². The van der Waals surface area contributed by atoms with Gasteiger partial charge in [0.05, 0.1) is 16.5 Å². The molecule has 1 aromatic rings. The summed E-state index contributed by atoms with van der Waals surface area (Å²) >= 11 is 0. The lowest BCUT2D eigenvalue weighted by molar-refractivity contribution is -0.118. The molecule has 1 aromatic carbocycles. The van der Waals surface area contributed by atoms with Crippen molar-refractivity contribution in [2.75, 3.05) is 11.9 Å². The minimum absolute atomic E-state index is 0. The number of hydrogen-bond acceptors (Lipinski definition) is 4. The van der Waals surface area contributed by atoms with Crippen LogP contribution in [0.15, 0.2) is 24.3 Å². The summed E-state index contributed by atoms with van der Waals surface area (Å²) in [6.07, 6.45) is 2.99. The highest BCUT2D eigenvalue weighted by molar-refractivity contribution is 7.91. The molecule has 2 N–H and O–H groups in total. The van der Waals surface area contributed by atoms with E-state index in [0.29, 0.717) is 11.3 Å². The molecule has 1 heterocycles. The standard InChI is InChI=1S/C17H26N2O3S.ClH/c1-17(2,3)23(21,22)12-13-7-6-8-14(11-13)19-16(20)15-9-4-5-10-18-15;/h6-8,11,15,18H,4-5,9-10,12H2,1-3H3,(H,19,20);1H. The molecule has 0 saturated carbocycles. The molecule has 0 aliphatic carbocycles. The molecular formula is C17H27ClN2O3S. The summed E-state index contributed by atoms with van der Waals surface area (Å²) in [5, 5.41) is 6.08. The number of sulfone groups is 1. The van der Waals surface area contributed by atoms with Crippen molar-refractivity contribution < 1.29 is 13.2 Å². The normalized spacial score (nSPS) is 18.5. The van der Waals surface area contributed by atoms with Crippen molar-refractivity contribution in [3.8, 4) is 0 Å². The number of carbonyl (C=O) groups is 1. The Labute approximate surface area is 150 Å². The van der Waals surface area contributed by atoms with Gasteiger partial charge in [0.25, 0.3) is 0 Å². The number of halogens is 1. The van der Waals surface area contributed by atoms with E-state index in [1.807, 2.05) is 0 Å². The number of rotatable bonds is 4. The molecule has 1 aliphatic rings. The van der Waals surface area contributed by atoms with Gasteiger partial charge in [-0.15, -0.1) is 12.4 Å². The smallest absolute Gasteiger partial charge is 0.241 e. The van der Waals surface area contributed by atoms with Gasteiger partial charge in [-0.2, -0.15) is 0 Å². The van der Waals surface area contributed by atoms with Crippen LogP contribution in [0.25, 0.3) is 0 Å². The average Bonchev–Trinajstić information content (AvgIpc) is 2.47. The van der Waals surface area contributed by atoms with E-state index in [2.05, 4.69) is 10.6 Å². The molecule has 2 rings (SSSR count). The molecule has 1 unspecified atom stereocenters. The van der Waals surface area contributed by atoms with Crippen molar-refractivity contribution in [1.82, 2.24) is 5.32 Å². The van der Waals surface area contributed by atoms with Crippen LogP contribution >= 0.6 is 12.4 Å². The number of anilines is 1. The topological polar surface area (TPSA) is 75.3 Å². The highest BCUT2D eigenvalue weighted by atomic mass is 35.5. The molecule has 1 saturated heterocycles. The van der Waals surface area contributed by atoms with Gasteiger partial charge in [-0.05, 0) is 57.9 Å². The van der Waals surface area contributed by atoms with Crippen LogP contribution in [0.1, 0.15) is 45.6 Å². The Morgan fingerprint density at radius 3 is 2.58 bits per heavy atom. The molecule has 0 aromatic heterocycles. The molecule has 0 bridgehead atoms. The lowest BCUT2D eigenvalue weighted by Gasteiger charge is -2.23. The van der Waals surface area contributed by atoms with E-state index in [-0.39, 0.29) is 30.1 Å². The van der Waals surface area contributed by atoms with Crippen LogP contribution in [-0.4, -0.2) is 31.7 Å². The van der Waals surface area contributed by atoms with E-state index in [9.17, 15) is 13.2 Å². The third-order valence-electron chi connectivity index (χ3n) is 4.11. The number of carbonyl (C=O) groups excluding carboxylic acids is 1. The third-order valence-corrected chi connectivity index (χ3v) is 6.69. The highest BCUT2D eigenvalue weighted by Crippen LogP contribution is 2.22. The van der Waals surface area contributed by atoms with Crippen molar-refractivity contribution in [3.63, 3.8) is 0 Å². The zero-order chi connectivity index (χ0) is 17.1. The molecule has 5 nitrogen and oxygen atoms in total. The second kappa shape index (κ2) is 8.32. The molecule has 24 heavy (non-hydrogen) atoms. The maximum Gasteiger partial charge on any atom is 0.241 e. The minimum Gasteiger partial charge on any atom is -0.325 e. The zero-order valence-electron chi connectivity index (χ0n) is 14.5. The average molecular weight is 375 g/mol. The van der Waals surface area contributed by atoms with Gasteiger partial charge < -0.3 is 10.6 Å². The Hall–Kier alpha value is -1.11. The zero-order valence-corrected chi connectivity index (χ0v) is 16.1. The Kier molecular flexibility index (Phi) is 7.25. The molecule has 1 atom stereocenters. The summed E-state index contributed by atoms with van der Waals surface area (Å²) in [4.78, 5) is 12.2. The maximum absolute atomic E-state index is 12.3. The highest BCUT2D eigenvalue weighted by Gasteiger charge is 2.29. The van der Waals surface area contributed by atoms with Crippen molar-refractivity contribution in [3.05, 3.63) is 29.8 Å². The van der Waals surface area contributed by atoms with Crippen LogP contribution in [0.3, 0.4) is 0 Å². The van der Waals surface area contributed by atoms with Crippen LogP contribution in [0.4, 0.5) is 5.69 Å². The van der Waals surface area contributed by atoms with E-state index in [1.54, 1.807) is 45.0 Å². The van der Waals surface area contributed by atoms with E-state index in [4.69, 9.17) is 0 Å². The minimum atomic E-state index is -3.24. The predicted molar refractivity (Wildman–Crippen MR) is 100 cm³/mol. The first-order valence-electron chi connectivity index (χ1n) is 8.04. The fraction of sp³-hybridized carbons (Fsp3) is 0.588. The van der Waals surface area contributed by atoms with Gasteiger partial charge in [-0.25, -0.2) is 8.42 Å². The van der Waals surface area contributed by atoms with Crippen molar-refractivity contribution in [2.45, 2.75) is 56.6 Å². The van der Waals surface area contributed by atoms with Crippen molar-refractivity contribution >= 4 is 33.8 Å². The van der Waals surface area contributed by atoms with Crippen molar-refractivity contribution in [1.29, 1.82) is 0 Å². The number of hydrogen-bond donors (Lipinski definition) is 2. The quantitative estimate of drug-likeness (QED) is 0.849. The van der Waals surface area contributed by atoms with Gasteiger partial charge in [0.2, 0.25) is 5.91 Å². The number of benzene rings is 1. The summed E-state index contributed by atoms with van der Waals surface area (Å²) in [5.41, 5.74) is 1.33. The third kappa shape index (κ3) is 5.46. The van der Waals surface area contributed by atoms with Gasteiger partial charge in [-0.3, -0.25) is 4.79 Å². The molecule has 0 spiro atoms. The van der Waals surface area contributed by atoms with Gasteiger partial charge >= 0.3 is 0 Å².